The minimum atomic E-state index is -0.332. The molecule has 2 amide bonds. The molecule has 1 aliphatic heterocycles. The lowest BCUT2D eigenvalue weighted by atomic mass is 9.97. The van der Waals surface area contributed by atoms with Crippen molar-refractivity contribution in [2.45, 2.75) is 25.3 Å². The molecule has 1 aliphatic carbocycles. The van der Waals surface area contributed by atoms with Gasteiger partial charge in [0, 0.05) is 31.6 Å². The second-order valence-corrected chi connectivity index (χ2v) is 8.50. The van der Waals surface area contributed by atoms with E-state index in [9.17, 15) is 9.59 Å². The summed E-state index contributed by atoms with van der Waals surface area (Å²) in [6.07, 6.45) is 2.29. The van der Waals surface area contributed by atoms with E-state index in [2.05, 4.69) is 0 Å². The Morgan fingerprint density at radius 1 is 1.03 bits per heavy atom. The van der Waals surface area contributed by atoms with E-state index in [1.807, 2.05) is 48.5 Å². The highest BCUT2D eigenvalue weighted by atomic mass is 16.5. The number of rotatable bonds is 10. The third kappa shape index (κ3) is 5.22. The Labute approximate surface area is 200 Å². The van der Waals surface area contributed by atoms with Crippen LogP contribution in [-0.4, -0.2) is 68.5 Å². The van der Waals surface area contributed by atoms with Gasteiger partial charge in [0.25, 0.3) is 5.91 Å². The third-order valence-electron chi connectivity index (χ3n) is 6.22. The number of hydrogen-bond acceptors (Lipinski definition) is 6. The highest BCUT2D eigenvalue weighted by Gasteiger charge is 2.38. The zero-order valence-corrected chi connectivity index (χ0v) is 19.9. The molecule has 2 aliphatic rings. The Bertz CT molecular complexity index is 1050. The monoisotopic (exact) mass is 465 g/mol. The zero-order chi connectivity index (χ0) is 24.1. The van der Waals surface area contributed by atoms with Crippen molar-refractivity contribution in [3.05, 3.63) is 59.7 Å². The maximum atomic E-state index is 13.6. The predicted octanol–water partition coefficient (Wildman–Crippen LogP) is 3.27. The molecule has 8 heteroatoms. The molecule has 0 aromatic heterocycles. The highest BCUT2D eigenvalue weighted by Crippen LogP contribution is 2.38. The number of carbonyl (C=O) groups excluding carboxylic acids is 2. The molecular formula is C26H31N3O5. The average Bonchev–Trinajstić information content (AvgIpc) is 3.64. The Morgan fingerprint density at radius 2 is 1.76 bits per heavy atom. The van der Waals surface area contributed by atoms with Crippen LogP contribution in [0.25, 0.3) is 0 Å². The smallest absolute Gasteiger partial charge is 0.262 e. The van der Waals surface area contributed by atoms with E-state index in [0.717, 1.165) is 35.4 Å². The minimum Gasteiger partial charge on any atom is -0.497 e. The summed E-state index contributed by atoms with van der Waals surface area (Å²) in [7, 11) is 4.83. The Morgan fingerprint density at radius 3 is 2.41 bits per heavy atom. The predicted molar refractivity (Wildman–Crippen MR) is 128 cm³/mol. The Kier molecular flexibility index (Phi) is 7.47. The number of hydrogen-bond donors (Lipinski definition) is 0. The normalized spacial score (nSPS) is 17.3. The van der Waals surface area contributed by atoms with Gasteiger partial charge in [0.1, 0.15) is 18.0 Å². The van der Waals surface area contributed by atoms with Crippen molar-refractivity contribution in [3.8, 4) is 11.5 Å². The number of benzene rings is 2. The molecule has 1 fully saturated rings. The first-order valence-electron chi connectivity index (χ1n) is 11.5. The number of para-hydroxylation sites is 1. The standard InChI is InChI=1S/C26H31N3O5/c1-32-15-14-28(26(31)19-8-9-19)17-25(30)29-23(21-6-4-5-7-24(21)34-3)16-22(27-29)18-10-12-20(33-2)13-11-18/h4-7,10-13,19,23H,8-9,14-17H2,1-3H3. The van der Waals surface area contributed by atoms with Gasteiger partial charge in [0.05, 0.1) is 32.6 Å². The number of nitrogens with zero attached hydrogens (tertiary/aromatic N) is 3. The van der Waals surface area contributed by atoms with Gasteiger partial charge in [0.2, 0.25) is 5.91 Å². The van der Waals surface area contributed by atoms with Gasteiger partial charge in [-0.1, -0.05) is 18.2 Å². The van der Waals surface area contributed by atoms with Crippen molar-refractivity contribution >= 4 is 17.5 Å². The van der Waals surface area contributed by atoms with Gasteiger partial charge < -0.3 is 19.1 Å². The SMILES string of the molecule is COCCN(CC(=O)N1N=C(c2ccc(OC)cc2)CC1c1ccccc1OC)C(=O)C1CC1. The van der Waals surface area contributed by atoms with Crippen LogP contribution in [0.15, 0.2) is 53.6 Å². The molecule has 1 atom stereocenters. The molecule has 1 heterocycles. The number of ether oxygens (including phenoxy) is 3. The molecule has 0 N–H and O–H groups in total. The van der Waals surface area contributed by atoms with E-state index in [1.54, 1.807) is 26.2 Å². The largest absolute Gasteiger partial charge is 0.497 e. The first-order chi connectivity index (χ1) is 16.5. The van der Waals surface area contributed by atoms with Gasteiger partial charge in [-0.25, -0.2) is 5.01 Å². The summed E-state index contributed by atoms with van der Waals surface area (Å²) in [5.74, 6) is 1.25. The van der Waals surface area contributed by atoms with Gasteiger partial charge in [0.15, 0.2) is 0 Å². The van der Waals surface area contributed by atoms with Crippen molar-refractivity contribution in [1.29, 1.82) is 0 Å². The highest BCUT2D eigenvalue weighted by molar-refractivity contribution is 6.03. The van der Waals surface area contributed by atoms with Crippen LogP contribution >= 0.6 is 0 Å². The van der Waals surface area contributed by atoms with Crippen molar-refractivity contribution in [2.75, 3.05) is 41.0 Å². The maximum absolute atomic E-state index is 13.6. The summed E-state index contributed by atoms with van der Waals surface area (Å²) in [4.78, 5) is 27.9. The fraction of sp³-hybridized carbons (Fsp3) is 0.423. The molecule has 180 valence electrons. The number of amides is 2. The molecule has 0 bridgehead atoms. The summed E-state index contributed by atoms with van der Waals surface area (Å²) in [6.45, 7) is 0.714. The first kappa shape index (κ1) is 23.8. The minimum absolute atomic E-state index is 0.0118. The van der Waals surface area contributed by atoms with Gasteiger partial charge in [-0.3, -0.25) is 9.59 Å². The lowest BCUT2D eigenvalue weighted by Crippen LogP contribution is -2.43. The van der Waals surface area contributed by atoms with E-state index in [1.165, 1.54) is 5.01 Å². The molecule has 0 radical (unpaired) electrons. The summed E-state index contributed by atoms with van der Waals surface area (Å²) in [5, 5.41) is 6.25. The van der Waals surface area contributed by atoms with Crippen LogP contribution in [0.3, 0.4) is 0 Å². The number of carbonyl (C=O) groups is 2. The van der Waals surface area contributed by atoms with Crippen molar-refractivity contribution in [1.82, 2.24) is 9.91 Å². The summed E-state index contributed by atoms with van der Waals surface area (Å²) < 4.78 is 16.0. The zero-order valence-electron chi connectivity index (χ0n) is 19.9. The van der Waals surface area contributed by atoms with E-state index >= 15 is 0 Å². The molecule has 4 rings (SSSR count). The molecule has 1 unspecified atom stereocenters. The van der Waals surface area contributed by atoms with Crippen molar-refractivity contribution < 1.29 is 23.8 Å². The van der Waals surface area contributed by atoms with Crippen LogP contribution in [0, 0.1) is 5.92 Å². The van der Waals surface area contributed by atoms with E-state index in [4.69, 9.17) is 19.3 Å². The van der Waals surface area contributed by atoms with Crippen LogP contribution in [0.5, 0.6) is 11.5 Å². The second-order valence-electron chi connectivity index (χ2n) is 8.50. The molecule has 0 saturated heterocycles. The van der Waals surface area contributed by atoms with Crippen molar-refractivity contribution in [2.24, 2.45) is 11.0 Å². The molecule has 2 aromatic rings. The van der Waals surface area contributed by atoms with Crippen LogP contribution < -0.4 is 9.47 Å². The molecule has 2 aromatic carbocycles. The average molecular weight is 466 g/mol. The maximum Gasteiger partial charge on any atom is 0.262 e. The lowest BCUT2D eigenvalue weighted by Gasteiger charge is -2.27. The van der Waals surface area contributed by atoms with Crippen LogP contribution in [-0.2, 0) is 14.3 Å². The second kappa shape index (κ2) is 10.7. The lowest BCUT2D eigenvalue weighted by molar-refractivity contribution is -0.142. The van der Waals surface area contributed by atoms with E-state index < -0.39 is 0 Å². The van der Waals surface area contributed by atoms with Crippen molar-refractivity contribution in [3.63, 3.8) is 0 Å². The van der Waals surface area contributed by atoms with Crippen LogP contribution in [0.1, 0.15) is 36.4 Å². The Hall–Kier alpha value is -3.39. The Balaban J connectivity index is 1.63. The molecule has 34 heavy (non-hydrogen) atoms. The van der Waals surface area contributed by atoms with E-state index in [-0.39, 0.29) is 30.3 Å². The molecule has 8 nitrogen and oxygen atoms in total. The van der Waals surface area contributed by atoms with Gasteiger partial charge in [-0.2, -0.15) is 5.10 Å². The van der Waals surface area contributed by atoms with Gasteiger partial charge in [-0.05, 0) is 48.7 Å². The summed E-state index contributed by atoms with van der Waals surface area (Å²) >= 11 is 0. The quantitative estimate of drug-likeness (QED) is 0.538. The topological polar surface area (TPSA) is 80.7 Å². The van der Waals surface area contributed by atoms with Gasteiger partial charge >= 0.3 is 0 Å². The summed E-state index contributed by atoms with van der Waals surface area (Å²) in [5.41, 5.74) is 2.59. The van der Waals surface area contributed by atoms with Crippen LogP contribution in [0.2, 0.25) is 0 Å². The van der Waals surface area contributed by atoms with E-state index in [0.29, 0.717) is 25.3 Å². The third-order valence-corrected chi connectivity index (χ3v) is 6.22. The fourth-order valence-corrected chi connectivity index (χ4v) is 4.18. The summed E-state index contributed by atoms with van der Waals surface area (Å²) in [6, 6.07) is 14.9. The molecule has 0 spiro atoms. The molecular weight excluding hydrogens is 434 g/mol. The van der Waals surface area contributed by atoms with Gasteiger partial charge in [-0.15, -0.1) is 0 Å². The number of hydrazone groups is 1. The first-order valence-corrected chi connectivity index (χ1v) is 11.5. The molecule has 1 saturated carbocycles. The number of methoxy groups -OCH3 is 3. The van der Waals surface area contributed by atoms with Crippen LogP contribution in [0.4, 0.5) is 0 Å². The fourth-order valence-electron chi connectivity index (χ4n) is 4.18.